The van der Waals surface area contributed by atoms with Gasteiger partial charge in [0.2, 0.25) is 0 Å². The molecule has 4 heteroatoms. The number of hydrogen-bond acceptors (Lipinski definition) is 3. The van der Waals surface area contributed by atoms with Gasteiger partial charge in [0.25, 0.3) is 0 Å². The van der Waals surface area contributed by atoms with Crippen LogP contribution < -0.4 is 15.2 Å². The first kappa shape index (κ1) is 15.3. The number of benzene rings is 2. The van der Waals surface area contributed by atoms with E-state index in [4.69, 9.17) is 15.2 Å². The van der Waals surface area contributed by atoms with Gasteiger partial charge in [-0.05, 0) is 60.4 Å². The Kier molecular flexibility index (Phi) is 4.48. The maximum Gasteiger partial charge on any atom is 0.161 e. The first-order chi connectivity index (χ1) is 9.96. The van der Waals surface area contributed by atoms with Crippen molar-refractivity contribution in [2.45, 2.75) is 19.9 Å². The lowest BCUT2D eigenvalue weighted by Crippen LogP contribution is -2.14. The van der Waals surface area contributed by atoms with Crippen LogP contribution in [-0.4, -0.2) is 14.2 Å². The van der Waals surface area contributed by atoms with Gasteiger partial charge < -0.3 is 15.2 Å². The Morgan fingerprint density at radius 1 is 0.952 bits per heavy atom. The molecule has 0 saturated heterocycles. The van der Waals surface area contributed by atoms with Gasteiger partial charge in [-0.1, -0.05) is 6.07 Å². The van der Waals surface area contributed by atoms with Crippen LogP contribution in [0.4, 0.5) is 4.39 Å². The summed E-state index contributed by atoms with van der Waals surface area (Å²) in [6.07, 6.45) is 0. The molecule has 0 aliphatic carbocycles. The molecular formula is C17H20FNO2. The second kappa shape index (κ2) is 6.14. The maximum atomic E-state index is 13.6. The summed E-state index contributed by atoms with van der Waals surface area (Å²) in [6.45, 7) is 3.80. The molecule has 0 spiro atoms. The van der Waals surface area contributed by atoms with E-state index in [9.17, 15) is 4.39 Å². The number of ether oxygens (including phenoxy) is 2. The smallest absolute Gasteiger partial charge is 0.161 e. The summed E-state index contributed by atoms with van der Waals surface area (Å²) >= 11 is 0. The van der Waals surface area contributed by atoms with Gasteiger partial charge in [0.05, 0.1) is 20.3 Å². The summed E-state index contributed by atoms with van der Waals surface area (Å²) in [5.74, 6) is 0.988. The van der Waals surface area contributed by atoms with E-state index in [0.717, 1.165) is 22.3 Å². The molecular weight excluding hydrogens is 269 g/mol. The van der Waals surface area contributed by atoms with Crippen molar-refractivity contribution >= 4 is 0 Å². The second-order valence-corrected chi connectivity index (χ2v) is 5.10. The molecule has 2 N–H and O–H groups in total. The summed E-state index contributed by atoms with van der Waals surface area (Å²) in [5.41, 5.74) is 9.75. The van der Waals surface area contributed by atoms with Crippen molar-refractivity contribution < 1.29 is 13.9 Å². The van der Waals surface area contributed by atoms with Gasteiger partial charge in [-0.3, -0.25) is 0 Å². The van der Waals surface area contributed by atoms with Crippen molar-refractivity contribution in [1.29, 1.82) is 0 Å². The van der Waals surface area contributed by atoms with Gasteiger partial charge >= 0.3 is 0 Å². The Balaban J connectivity index is 2.49. The Labute approximate surface area is 124 Å². The highest BCUT2D eigenvalue weighted by Gasteiger charge is 2.16. The normalized spacial score (nSPS) is 12.1. The van der Waals surface area contributed by atoms with Gasteiger partial charge in [-0.25, -0.2) is 4.39 Å². The lowest BCUT2D eigenvalue weighted by Gasteiger charge is -2.18. The third-order valence-corrected chi connectivity index (χ3v) is 3.53. The highest BCUT2D eigenvalue weighted by molar-refractivity contribution is 5.50. The summed E-state index contributed by atoms with van der Waals surface area (Å²) in [4.78, 5) is 0. The zero-order valence-electron chi connectivity index (χ0n) is 12.7. The predicted octanol–water partition coefficient (Wildman–Crippen LogP) is 3.51. The topological polar surface area (TPSA) is 44.5 Å². The van der Waals surface area contributed by atoms with E-state index in [-0.39, 0.29) is 5.82 Å². The number of hydrogen-bond donors (Lipinski definition) is 1. The van der Waals surface area contributed by atoms with Gasteiger partial charge in [0, 0.05) is 0 Å². The Morgan fingerprint density at radius 3 is 2.14 bits per heavy atom. The van der Waals surface area contributed by atoms with E-state index >= 15 is 0 Å². The molecule has 2 rings (SSSR count). The van der Waals surface area contributed by atoms with Crippen LogP contribution in [0.15, 0.2) is 30.3 Å². The molecule has 21 heavy (non-hydrogen) atoms. The minimum absolute atomic E-state index is 0.279. The van der Waals surface area contributed by atoms with Crippen LogP contribution in [0.3, 0.4) is 0 Å². The van der Waals surface area contributed by atoms with Crippen molar-refractivity contribution in [2.24, 2.45) is 5.73 Å². The third kappa shape index (κ3) is 3.16. The SMILES string of the molecule is COc1cc(C)c(C(N)c2cc(C)cc(F)c2)cc1OC. The maximum absolute atomic E-state index is 13.6. The summed E-state index contributed by atoms with van der Waals surface area (Å²) in [6, 6.07) is 8.15. The van der Waals surface area contributed by atoms with Crippen molar-refractivity contribution in [3.8, 4) is 11.5 Å². The monoisotopic (exact) mass is 289 g/mol. The molecule has 0 radical (unpaired) electrons. The van der Waals surface area contributed by atoms with Gasteiger partial charge in [0.15, 0.2) is 11.5 Å². The lowest BCUT2D eigenvalue weighted by atomic mass is 9.94. The molecule has 0 amide bonds. The van der Waals surface area contributed by atoms with E-state index in [0.29, 0.717) is 11.5 Å². The van der Waals surface area contributed by atoms with Crippen LogP contribution in [-0.2, 0) is 0 Å². The van der Waals surface area contributed by atoms with Crippen LogP contribution in [0.5, 0.6) is 11.5 Å². The molecule has 0 aliphatic heterocycles. The fraction of sp³-hybridized carbons (Fsp3) is 0.294. The highest BCUT2D eigenvalue weighted by Crippen LogP contribution is 2.34. The molecule has 0 aromatic heterocycles. The van der Waals surface area contributed by atoms with E-state index in [1.54, 1.807) is 14.2 Å². The molecule has 3 nitrogen and oxygen atoms in total. The van der Waals surface area contributed by atoms with Crippen LogP contribution in [0.1, 0.15) is 28.3 Å². The number of methoxy groups -OCH3 is 2. The Morgan fingerprint density at radius 2 is 1.57 bits per heavy atom. The third-order valence-electron chi connectivity index (χ3n) is 3.53. The molecule has 2 aromatic rings. The van der Waals surface area contributed by atoms with Crippen LogP contribution in [0.2, 0.25) is 0 Å². The van der Waals surface area contributed by atoms with E-state index in [2.05, 4.69) is 0 Å². The molecule has 2 aromatic carbocycles. The number of halogens is 1. The van der Waals surface area contributed by atoms with Gasteiger partial charge in [-0.15, -0.1) is 0 Å². The number of nitrogens with two attached hydrogens (primary N) is 1. The first-order valence-corrected chi connectivity index (χ1v) is 6.71. The van der Waals surface area contributed by atoms with Crippen LogP contribution in [0, 0.1) is 19.7 Å². The molecule has 0 bridgehead atoms. The predicted molar refractivity (Wildman–Crippen MR) is 81.5 cm³/mol. The standard InChI is InChI=1S/C17H20FNO2/c1-10-5-12(8-13(18)6-10)17(19)14-9-16(21-4)15(20-3)7-11(14)2/h5-9,17H,19H2,1-4H3. The Hall–Kier alpha value is -2.07. The molecule has 0 aliphatic rings. The average molecular weight is 289 g/mol. The fourth-order valence-corrected chi connectivity index (χ4v) is 2.46. The van der Waals surface area contributed by atoms with Crippen molar-refractivity contribution in [1.82, 2.24) is 0 Å². The zero-order chi connectivity index (χ0) is 15.6. The average Bonchev–Trinajstić information content (AvgIpc) is 2.45. The van der Waals surface area contributed by atoms with E-state index < -0.39 is 6.04 Å². The first-order valence-electron chi connectivity index (χ1n) is 6.71. The van der Waals surface area contributed by atoms with Gasteiger partial charge in [-0.2, -0.15) is 0 Å². The highest BCUT2D eigenvalue weighted by atomic mass is 19.1. The summed E-state index contributed by atoms with van der Waals surface area (Å²) in [5, 5.41) is 0. The van der Waals surface area contributed by atoms with E-state index in [1.807, 2.05) is 32.0 Å². The fourth-order valence-electron chi connectivity index (χ4n) is 2.46. The zero-order valence-corrected chi connectivity index (χ0v) is 12.7. The van der Waals surface area contributed by atoms with Crippen molar-refractivity contribution in [3.05, 3.63) is 58.4 Å². The van der Waals surface area contributed by atoms with Gasteiger partial charge in [0.1, 0.15) is 5.82 Å². The largest absolute Gasteiger partial charge is 0.493 e. The lowest BCUT2D eigenvalue weighted by molar-refractivity contribution is 0.354. The molecule has 0 heterocycles. The number of aryl methyl sites for hydroxylation is 2. The number of rotatable bonds is 4. The van der Waals surface area contributed by atoms with Crippen molar-refractivity contribution in [3.63, 3.8) is 0 Å². The van der Waals surface area contributed by atoms with Crippen molar-refractivity contribution in [2.75, 3.05) is 14.2 Å². The molecule has 112 valence electrons. The summed E-state index contributed by atoms with van der Waals surface area (Å²) in [7, 11) is 3.17. The quantitative estimate of drug-likeness (QED) is 0.936. The molecule has 1 unspecified atom stereocenters. The minimum Gasteiger partial charge on any atom is -0.493 e. The minimum atomic E-state index is -0.417. The molecule has 1 atom stereocenters. The second-order valence-electron chi connectivity index (χ2n) is 5.10. The molecule has 0 saturated carbocycles. The van der Waals surface area contributed by atoms with E-state index in [1.165, 1.54) is 12.1 Å². The van der Waals surface area contributed by atoms with Crippen LogP contribution in [0.25, 0.3) is 0 Å². The Bertz CT molecular complexity index is 635. The molecule has 0 fully saturated rings. The van der Waals surface area contributed by atoms with Crippen LogP contribution >= 0.6 is 0 Å². The summed E-state index contributed by atoms with van der Waals surface area (Å²) < 4.78 is 24.1.